The number of anilines is 2. The molecule has 1 aliphatic rings. The lowest BCUT2D eigenvalue weighted by Gasteiger charge is -2.15. The molecule has 1 aromatic carbocycles. The van der Waals surface area contributed by atoms with Gasteiger partial charge in [0.05, 0.1) is 16.4 Å². The molecule has 0 bridgehead atoms. The summed E-state index contributed by atoms with van der Waals surface area (Å²) in [6.07, 6.45) is 6.90. The lowest BCUT2D eigenvalue weighted by molar-refractivity contribution is 0.443. The van der Waals surface area contributed by atoms with Gasteiger partial charge in [-0.05, 0) is 56.7 Å². The van der Waals surface area contributed by atoms with Gasteiger partial charge in [0, 0.05) is 35.3 Å². The summed E-state index contributed by atoms with van der Waals surface area (Å²) in [5.41, 5.74) is 4.83. The van der Waals surface area contributed by atoms with Gasteiger partial charge in [-0.2, -0.15) is 15.1 Å². The van der Waals surface area contributed by atoms with Crippen LogP contribution in [0.4, 0.5) is 11.6 Å². The van der Waals surface area contributed by atoms with E-state index in [-0.39, 0.29) is 6.01 Å². The molecule has 9 heteroatoms. The molecule has 0 aliphatic carbocycles. The van der Waals surface area contributed by atoms with Crippen LogP contribution in [-0.2, 0) is 0 Å². The van der Waals surface area contributed by atoms with Gasteiger partial charge in [0.15, 0.2) is 5.82 Å². The smallest absolute Gasteiger partial charge is 0.324 e. The number of H-pyrrole nitrogens is 2. The van der Waals surface area contributed by atoms with Gasteiger partial charge < -0.3 is 20.4 Å². The minimum Gasteiger partial charge on any atom is -0.423 e. The van der Waals surface area contributed by atoms with Crippen LogP contribution in [0.3, 0.4) is 0 Å². The number of aromatic nitrogens is 5. The van der Waals surface area contributed by atoms with E-state index < -0.39 is 0 Å². The topological polar surface area (TPSA) is 104 Å². The second-order valence-electron chi connectivity index (χ2n) is 7.83. The molecule has 168 valence electrons. The van der Waals surface area contributed by atoms with Crippen LogP contribution in [0.25, 0.3) is 22.6 Å². The summed E-state index contributed by atoms with van der Waals surface area (Å²) < 4.78 is 6.09. The SMILES string of the molecule is C/C=C/c1cc(Nc2cc(C3=CCNCC3)nc(Oc3ccc4[nH]c(C)cc4c3Cl)n2)n[nH]1. The zero-order valence-corrected chi connectivity index (χ0v) is 19.1. The van der Waals surface area contributed by atoms with Crippen LogP contribution in [-0.4, -0.2) is 38.2 Å². The standard InChI is InChI=1S/C24H24ClN7O/c1-3-4-16-12-22(32-31-16)29-21-13-19(15-7-9-26-10-8-15)28-24(30-21)33-20-6-5-18-17(23(20)25)11-14(2)27-18/h3-7,11-13,26-27H,8-10H2,1-2H3,(H2,28,29,30,31,32)/b4-3+. The van der Waals surface area contributed by atoms with E-state index in [1.807, 2.05) is 56.3 Å². The first-order chi connectivity index (χ1) is 16.1. The van der Waals surface area contributed by atoms with E-state index in [2.05, 4.69) is 41.9 Å². The molecule has 0 saturated heterocycles. The molecule has 4 aromatic rings. The van der Waals surface area contributed by atoms with E-state index in [9.17, 15) is 0 Å². The first-order valence-corrected chi connectivity index (χ1v) is 11.2. The van der Waals surface area contributed by atoms with E-state index in [0.717, 1.165) is 53.1 Å². The third-order valence-electron chi connectivity index (χ3n) is 5.34. The maximum atomic E-state index is 6.64. The van der Waals surface area contributed by atoms with Crippen molar-refractivity contribution >= 4 is 45.8 Å². The normalized spacial score (nSPS) is 14.1. The number of aryl methyl sites for hydroxylation is 1. The number of allylic oxidation sites excluding steroid dienone is 1. The number of fused-ring (bicyclic) bond motifs is 1. The van der Waals surface area contributed by atoms with Crippen LogP contribution < -0.4 is 15.4 Å². The first kappa shape index (κ1) is 21.2. The monoisotopic (exact) mass is 461 g/mol. The molecule has 0 fully saturated rings. The van der Waals surface area contributed by atoms with Crippen LogP contribution in [0.5, 0.6) is 11.8 Å². The lowest BCUT2D eigenvalue weighted by Crippen LogP contribution is -2.20. The zero-order valence-electron chi connectivity index (χ0n) is 18.4. The summed E-state index contributed by atoms with van der Waals surface area (Å²) in [5, 5.41) is 15.3. The van der Waals surface area contributed by atoms with Gasteiger partial charge in [0.2, 0.25) is 0 Å². The molecule has 0 saturated carbocycles. The van der Waals surface area contributed by atoms with Crippen LogP contribution in [0, 0.1) is 6.92 Å². The van der Waals surface area contributed by atoms with Crippen molar-refractivity contribution in [1.82, 2.24) is 30.5 Å². The van der Waals surface area contributed by atoms with Crippen molar-refractivity contribution in [3.05, 3.63) is 64.6 Å². The third-order valence-corrected chi connectivity index (χ3v) is 5.73. The number of hydrogen-bond donors (Lipinski definition) is 4. The van der Waals surface area contributed by atoms with E-state index in [4.69, 9.17) is 16.3 Å². The molecule has 4 heterocycles. The Hall–Kier alpha value is -3.62. The summed E-state index contributed by atoms with van der Waals surface area (Å²) in [5.74, 6) is 1.74. The highest BCUT2D eigenvalue weighted by atomic mass is 35.5. The molecule has 0 spiro atoms. The van der Waals surface area contributed by atoms with Crippen molar-refractivity contribution in [2.75, 3.05) is 18.4 Å². The summed E-state index contributed by atoms with van der Waals surface area (Å²) >= 11 is 6.64. The fourth-order valence-electron chi connectivity index (χ4n) is 3.82. The molecular weight excluding hydrogens is 438 g/mol. The Balaban J connectivity index is 1.50. The van der Waals surface area contributed by atoms with E-state index in [1.165, 1.54) is 0 Å². The Morgan fingerprint density at radius 1 is 1.15 bits per heavy atom. The summed E-state index contributed by atoms with van der Waals surface area (Å²) in [4.78, 5) is 12.5. The van der Waals surface area contributed by atoms with Crippen LogP contribution >= 0.6 is 11.6 Å². The van der Waals surface area contributed by atoms with Crippen molar-refractivity contribution in [2.24, 2.45) is 0 Å². The van der Waals surface area contributed by atoms with Gasteiger partial charge in [0.25, 0.3) is 0 Å². The van der Waals surface area contributed by atoms with Crippen molar-refractivity contribution in [1.29, 1.82) is 0 Å². The fraction of sp³-hybridized carbons (Fsp3) is 0.208. The van der Waals surface area contributed by atoms with E-state index in [0.29, 0.717) is 22.4 Å². The van der Waals surface area contributed by atoms with Crippen LogP contribution in [0.1, 0.15) is 30.4 Å². The number of halogens is 1. The largest absolute Gasteiger partial charge is 0.423 e. The van der Waals surface area contributed by atoms with Crippen molar-refractivity contribution < 1.29 is 4.74 Å². The molecule has 0 unspecified atom stereocenters. The second kappa shape index (κ2) is 9.09. The molecule has 33 heavy (non-hydrogen) atoms. The maximum absolute atomic E-state index is 6.64. The Labute approximate surface area is 196 Å². The second-order valence-corrected chi connectivity index (χ2v) is 8.21. The van der Waals surface area contributed by atoms with Crippen LogP contribution in [0.2, 0.25) is 5.02 Å². The Bertz CT molecular complexity index is 1370. The Morgan fingerprint density at radius 2 is 2.06 bits per heavy atom. The number of benzene rings is 1. The summed E-state index contributed by atoms with van der Waals surface area (Å²) in [6, 6.07) is 9.79. The van der Waals surface area contributed by atoms with Crippen molar-refractivity contribution in [3.63, 3.8) is 0 Å². The summed E-state index contributed by atoms with van der Waals surface area (Å²) in [7, 11) is 0. The van der Waals surface area contributed by atoms with Gasteiger partial charge >= 0.3 is 6.01 Å². The van der Waals surface area contributed by atoms with Gasteiger partial charge in [-0.15, -0.1) is 0 Å². The average Bonchev–Trinajstić information content (AvgIpc) is 3.42. The number of nitrogens with one attached hydrogen (secondary N) is 4. The molecule has 4 N–H and O–H groups in total. The van der Waals surface area contributed by atoms with Gasteiger partial charge in [-0.1, -0.05) is 23.8 Å². The molecule has 3 aromatic heterocycles. The highest BCUT2D eigenvalue weighted by Crippen LogP contribution is 2.36. The maximum Gasteiger partial charge on any atom is 0.324 e. The number of rotatable bonds is 6. The van der Waals surface area contributed by atoms with Gasteiger partial charge in [-0.25, -0.2) is 0 Å². The van der Waals surface area contributed by atoms with Crippen molar-refractivity contribution in [3.8, 4) is 11.8 Å². The molecule has 0 atom stereocenters. The quantitative estimate of drug-likeness (QED) is 0.298. The molecule has 5 rings (SSSR count). The van der Waals surface area contributed by atoms with E-state index in [1.54, 1.807) is 0 Å². The molecule has 0 radical (unpaired) electrons. The Kier molecular flexibility index (Phi) is 5.85. The highest BCUT2D eigenvalue weighted by molar-refractivity contribution is 6.37. The first-order valence-electron chi connectivity index (χ1n) is 10.8. The lowest BCUT2D eigenvalue weighted by atomic mass is 10.1. The highest BCUT2D eigenvalue weighted by Gasteiger charge is 2.16. The predicted molar refractivity (Wildman–Crippen MR) is 132 cm³/mol. The zero-order chi connectivity index (χ0) is 22.8. The fourth-order valence-corrected chi connectivity index (χ4v) is 4.07. The number of hydrogen-bond acceptors (Lipinski definition) is 6. The Morgan fingerprint density at radius 3 is 2.88 bits per heavy atom. The van der Waals surface area contributed by atoms with Crippen LogP contribution in [0.15, 0.2) is 42.5 Å². The van der Waals surface area contributed by atoms with Crippen molar-refractivity contribution in [2.45, 2.75) is 20.3 Å². The molecule has 8 nitrogen and oxygen atoms in total. The number of aromatic amines is 2. The van der Waals surface area contributed by atoms with E-state index >= 15 is 0 Å². The number of ether oxygens (including phenoxy) is 1. The minimum absolute atomic E-state index is 0.215. The third kappa shape index (κ3) is 4.62. The molecule has 0 amide bonds. The molecule has 1 aliphatic heterocycles. The predicted octanol–water partition coefficient (Wildman–Crippen LogP) is 5.59. The van der Waals surface area contributed by atoms with Gasteiger partial charge in [-0.3, -0.25) is 5.10 Å². The van der Waals surface area contributed by atoms with Gasteiger partial charge in [0.1, 0.15) is 11.6 Å². The number of nitrogens with zero attached hydrogens (tertiary/aromatic N) is 3. The minimum atomic E-state index is 0.215. The summed E-state index contributed by atoms with van der Waals surface area (Å²) in [6.45, 7) is 5.65. The molecular formula is C24H24ClN7O. The average molecular weight is 462 g/mol.